The lowest BCUT2D eigenvalue weighted by atomic mass is 10.1. The fourth-order valence-corrected chi connectivity index (χ4v) is 1.37. The highest BCUT2D eigenvalue weighted by atomic mass is 79.9. The zero-order valence-corrected chi connectivity index (χ0v) is 9.96. The van der Waals surface area contributed by atoms with Crippen LogP contribution in [0.5, 0.6) is 5.75 Å². The molecular weight excluding hydrogens is 305 g/mol. The number of ether oxygens (including phenoxy) is 1. The Kier molecular flexibility index (Phi) is 4.53. The van der Waals surface area contributed by atoms with E-state index in [0.717, 1.165) is 12.1 Å². The molecule has 0 aliphatic rings. The van der Waals surface area contributed by atoms with Crippen LogP contribution in [0.1, 0.15) is 10.4 Å². The molecule has 1 aromatic carbocycles. The van der Waals surface area contributed by atoms with Gasteiger partial charge in [0, 0.05) is 5.56 Å². The summed E-state index contributed by atoms with van der Waals surface area (Å²) in [4.78, 5) is 10.7. The normalized spacial score (nSPS) is 13.2. The lowest BCUT2D eigenvalue weighted by Crippen LogP contribution is -2.19. The second-order valence-electron chi connectivity index (χ2n) is 3.09. The maximum absolute atomic E-state index is 11.9. The first-order valence-electron chi connectivity index (χ1n) is 4.48. The average molecular weight is 313 g/mol. The quantitative estimate of drug-likeness (QED) is 0.686. The Bertz CT molecular complexity index is 406. The summed E-state index contributed by atoms with van der Waals surface area (Å²) in [7, 11) is 0. The largest absolute Gasteiger partial charge is 0.573 e. The van der Waals surface area contributed by atoms with Gasteiger partial charge in [-0.15, -0.1) is 13.2 Å². The number of ketones is 1. The zero-order valence-electron chi connectivity index (χ0n) is 8.37. The van der Waals surface area contributed by atoms with Crippen LogP contribution in [-0.4, -0.2) is 28.7 Å². The summed E-state index contributed by atoms with van der Waals surface area (Å²) >= 11 is 2.90. The van der Waals surface area contributed by atoms with Gasteiger partial charge >= 0.3 is 6.36 Å². The van der Waals surface area contributed by atoms with Crippen LogP contribution < -0.4 is 4.74 Å². The lowest BCUT2D eigenvalue weighted by Gasteiger charge is -2.10. The van der Waals surface area contributed by atoms with Gasteiger partial charge in [-0.3, -0.25) is 4.79 Å². The summed E-state index contributed by atoms with van der Waals surface area (Å²) in [5.41, 5.74) is 0.0303. The van der Waals surface area contributed by atoms with Crippen LogP contribution >= 0.6 is 15.9 Å². The van der Waals surface area contributed by atoms with E-state index in [4.69, 9.17) is 5.11 Å². The zero-order chi connectivity index (χ0) is 13.1. The molecule has 0 radical (unpaired) electrons. The van der Waals surface area contributed by atoms with Gasteiger partial charge < -0.3 is 9.84 Å². The predicted molar refractivity (Wildman–Crippen MR) is 57.3 cm³/mol. The fraction of sp³-hybridized carbons (Fsp3) is 0.300. The SMILES string of the molecule is O=C(c1cccc(OC(F)(F)F)c1)C(Br)CO. The van der Waals surface area contributed by atoms with Crippen molar-refractivity contribution in [3.05, 3.63) is 29.8 Å². The molecule has 1 aromatic rings. The van der Waals surface area contributed by atoms with E-state index >= 15 is 0 Å². The minimum atomic E-state index is -4.80. The number of Topliss-reactive ketones (excluding diaryl/α,β-unsaturated/α-hetero) is 1. The van der Waals surface area contributed by atoms with Crippen molar-refractivity contribution < 1.29 is 27.8 Å². The highest BCUT2D eigenvalue weighted by Crippen LogP contribution is 2.24. The molecule has 0 heterocycles. The smallest absolute Gasteiger partial charge is 0.406 e. The molecule has 1 atom stereocenters. The molecular formula is C10H8BrF3O3. The van der Waals surface area contributed by atoms with E-state index in [9.17, 15) is 18.0 Å². The van der Waals surface area contributed by atoms with Gasteiger partial charge in [0.05, 0.1) is 6.61 Å². The van der Waals surface area contributed by atoms with Crippen molar-refractivity contribution in [3.63, 3.8) is 0 Å². The average Bonchev–Trinajstić information content (AvgIpc) is 2.25. The summed E-state index contributed by atoms with van der Waals surface area (Å²) in [6.45, 7) is -0.441. The van der Waals surface area contributed by atoms with Crippen LogP contribution in [0, 0.1) is 0 Å². The molecule has 0 spiro atoms. The Hall–Kier alpha value is -1.08. The molecule has 0 fully saturated rings. The number of carbonyl (C=O) groups is 1. The van der Waals surface area contributed by atoms with E-state index in [0.29, 0.717) is 0 Å². The summed E-state index contributed by atoms with van der Waals surface area (Å²) in [5, 5.41) is 8.74. The predicted octanol–water partition coefficient (Wildman–Crippen LogP) is 2.52. The molecule has 94 valence electrons. The molecule has 0 aromatic heterocycles. The number of aliphatic hydroxyl groups is 1. The van der Waals surface area contributed by atoms with Crippen LogP contribution in [0.15, 0.2) is 24.3 Å². The van der Waals surface area contributed by atoms with Crippen molar-refractivity contribution in [3.8, 4) is 5.75 Å². The Balaban J connectivity index is 2.90. The number of carbonyl (C=O) groups excluding carboxylic acids is 1. The van der Waals surface area contributed by atoms with Gasteiger partial charge in [0.2, 0.25) is 0 Å². The highest BCUT2D eigenvalue weighted by Gasteiger charge is 2.31. The number of alkyl halides is 4. The van der Waals surface area contributed by atoms with E-state index < -0.39 is 29.3 Å². The Morgan fingerprint density at radius 1 is 1.47 bits per heavy atom. The minimum absolute atomic E-state index is 0.0303. The third-order valence-electron chi connectivity index (χ3n) is 1.80. The van der Waals surface area contributed by atoms with Gasteiger partial charge in [0.15, 0.2) is 5.78 Å². The molecule has 0 aliphatic carbocycles. The highest BCUT2D eigenvalue weighted by molar-refractivity contribution is 9.10. The number of aliphatic hydroxyl groups excluding tert-OH is 1. The van der Waals surface area contributed by atoms with Gasteiger partial charge in [0.1, 0.15) is 10.6 Å². The van der Waals surface area contributed by atoms with E-state index in [-0.39, 0.29) is 5.56 Å². The Morgan fingerprint density at radius 2 is 2.12 bits per heavy atom. The molecule has 7 heteroatoms. The molecule has 0 saturated heterocycles. The number of halogens is 4. The van der Waals surface area contributed by atoms with Crippen LogP contribution in [-0.2, 0) is 0 Å². The van der Waals surface area contributed by atoms with Crippen LogP contribution in [0.25, 0.3) is 0 Å². The third-order valence-corrected chi connectivity index (χ3v) is 2.50. The van der Waals surface area contributed by atoms with Crippen molar-refractivity contribution >= 4 is 21.7 Å². The topological polar surface area (TPSA) is 46.5 Å². The molecule has 0 bridgehead atoms. The first kappa shape index (κ1) is 14.0. The van der Waals surface area contributed by atoms with E-state index in [1.165, 1.54) is 12.1 Å². The van der Waals surface area contributed by atoms with Crippen LogP contribution in [0.2, 0.25) is 0 Å². The van der Waals surface area contributed by atoms with E-state index in [1.54, 1.807) is 0 Å². The number of benzene rings is 1. The van der Waals surface area contributed by atoms with Gasteiger partial charge in [-0.25, -0.2) is 0 Å². The summed E-state index contributed by atoms with van der Waals surface area (Å²) in [6.07, 6.45) is -4.80. The van der Waals surface area contributed by atoms with Crippen molar-refractivity contribution in [2.24, 2.45) is 0 Å². The maximum atomic E-state index is 11.9. The van der Waals surface area contributed by atoms with Crippen molar-refractivity contribution in [2.75, 3.05) is 6.61 Å². The van der Waals surface area contributed by atoms with Crippen molar-refractivity contribution in [2.45, 2.75) is 11.2 Å². The number of hydrogen-bond donors (Lipinski definition) is 1. The monoisotopic (exact) mass is 312 g/mol. The molecule has 1 rings (SSSR count). The van der Waals surface area contributed by atoms with Gasteiger partial charge in [0.25, 0.3) is 0 Å². The maximum Gasteiger partial charge on any atom is 0.573 e. The summed E-state index contributed by atoms with van der Waals surface area (Å²) in [6, 6.07) is 4.67. The van der Waals surface area contributed by atoms with Gasteiger partial charge in [-0.05, 0) is 12.1 Å². The lowest BCUT2D eigenvalue weighted by molar-refractivity contribution is -0.274. The standard InChI is InChI=1S/C10H8BrF3O3/c11-8(5-15)9(16)6-2-1-3-7(4-6)17-10(12,13)14/h1-4,8,15H,5H2. The Labute approximate surface area is 103 Å². The second-order valence-corrected chi connectivity index (χ2v) is 4.20. The van der Waals surface area contributed by atoms with Crippen LogP contribution in [0.4, 0.5) is 13.2 Å². The van der Waals surface area contributed by atoms with E-state index in [2.05, 4.69) is 20.7 Å². The number of rotatable bonds is 4. The molecule has 1 unspecified atom stereocenters. The molecule has 3 nitrogen and oxygen atoms in total. The molecule has 17 heavy (non-hydrogen) atoms. The van der Waals surface area contributed by atoms with Gasteiger partial charge in [-0.2, -0.15) is 0 Å². The molecule has 1 N–H and O–H groups in total. The number of hydrogen-bond acceptors (Lipinski definition) is 3. The molecule has 0 aliphatic heterocycles. The summed E-state index contributed by atoms with van der Waals surface area (Å²) < 4.78 is 39.5. The van der Waals surface area contributed by atoms with Crippen molar-refractivity contribution in [1.29, 1.82) is 0 Å². The minimum Gasteiger partial charge on any atom is -0.406 e. The van der Waals surface area contributed by atoms with E-state index in [1.807, 2.05) is 0 Å². The fourth-order valence-electron chi connectivity index (χ4n) is 1.11. The molecule has 0 saturated carbocycles. The second kappa shape index (κ2) is 5.50. The first-order chi connectivity index (χ1) is 7.83. The van der Waals surface area contributed by atoms with Crippen LogP contribution in [0.3, 0.4) is 0 Å². The third kappa shape index (κ3) is 4.35. The molecule has 0 amide bonds. The van der Waals surface area contributed by atoms with Gasteiger partial charge in [-0.1, -0.05) is 28.1 Å². The first-order valence-corrected chi connectivity index (χ1v) is 5.40. The summed E-state index contributed by atoms with van der Waals surface area (Å²) in [5.74, 6) is -0.985. The van der Waals surface area contributed by atoms with Crippen molar-refractivity contribution in [1.82, 2.24) is 0 Å². The Morgan fingerprint density at radius 3 is 2.65 bits per heavy atom.